The molecule has 9 heteroatoms. The molecule has 4 aromatic rings. The highest BCUT2D eigenvalue weighted by Crippen LogP contribution is 2.20. The maximum Gasteiger partial charge on any atom is 0.137 e. The Balaban J connectivity index is 0.783. The number of anilines is 2. The molecule has 0 radical (unpaired) electrons. The molecule has 9 nitrogen and oxygen atoms in total. The largest absolute Gasteiger partial charge is 0.380 e. The van der Waals surface area contributed by atoms with Gasteiger partial charge < -0.3 is 23.6 Å². The van der Waals surface area contributed by atoms with Crippen LogP contribution in [0.4, 0.5) is 11.4 Å². The normalized spacial score (nSPS) is 16.2. The number of unbranched alkanes of at least 4 members (excludes halogenated alkanes) is 3. The van der Waals surface area contributed by atoms with Crippen LogP contribution in [0.25, 0.3) is 0 Å². The van der Waals surface area contributed by atoms with Crippen molar-refractivity contribution in [3.63, 3.8) is 0 Å². The maximum absolute atomic E-state index is 5.85. The molecule has 0 atom stereocenters. The second-order valence-electron chi connectivity index (χ2n) is 13.3. The van der Waals surface area contributed by atoms with E-state index in [1.54, 1.807) is 6.26 Å². The van der Waals surface area contributed by atoms with Gasteiger partial charge in [-0.05, 0) is 74.9 Å². The first-order chi connectivity index (χ1) is 23.8. The SMILES string of the molecule is c1ccc(N2CCN(CCCCCCc3cc(CCc4ccc(N5CCN(CCOCCCc6ccon6)CC5)cc4)on3)CC2)cc1. The van der Waals surface area contributed by atoms with Gasteiger partial charge in [0.1, 0.15) is 12.0 Å². The Morgan fingerprint density at radius 2 is 1.25 bits per heavy atom. The van der Waals surface area contributed by atoms with Crippen molar-refractivity contribution in [2.24, 2.45) is 0 Å². The van der Waals surface area contributed by atoms with Crippen LogP contribution in [0, 0.1) is 0 Å². The smallest absolute Gasteiger partial charge is 0.137 e. The van der Waals surface area contributed by atoms with Crippen LogP contribution >= 0.6 is 0 Å². The third-order valence-electron chi connectivity index (χ3n) is 9.86. The zero-order chi connectivity index (χ0) is 32.6. The number of nitrogens with zero attached hydrogens (tertiary/aromatic N) is 6. The highest BCUT2D eigenvalue weighted by molar-refractivity contribution is 5.48. The van der Waals surface area contributed by atoms with Gasteiger partial charge in [0.05, 0.1) is 18.0 Å². The van der Waals surface area contributed by atoms with Gasteiger partial charge >= 0.3 is 0 Å². The molecule has 2 saturated heterocycles. The number of ether oxygens (including phenoxy) is 1. The fourth-order valence-electron chi connectivity index (χ4n) is 6.84. The Hall–Kier alpha value is -3.66. The van der Waals surface area contributed by atoms with E-state index in [1.165, 1.54) is 62.3 Å². The quantitative estimate of drug-likeness (QED) is 0.111. The fraction of sp³-hybridized carbons (Fsp3) is 0.538. The van der Waals surface area contributed by atoms with Crippen molar-refractivity contribution in [2.45, 2.75) is 57.8 Å². The third-order valence-corrected chi connectivity index (χ3v) is 9.86. The molecule has 0 N–H and O–H groups in total. The fourth-order valence-corrected chi connectivity index (χ4v) is 6.84. The van der Waals surface area contributed by atoms with E-state index in [-0.39, 0.29) is 0 Å². The molecular weight excluding hydrogens is 600 g/mol. The zero-order valence-electron chi connectivity index (χ0n) is 28.7. The van der Waals surface area contributed by atoms with Crippen molar-refractivity contribution in [1.82, 2.24) is 20.1 Å². The molecule has 0 aliphatic carbocycles. The number of benzene rings is 2. The van der Waals surface area contributed by atoms with Gasteiger partial charge in [-0.1, -0.05) is 53.5 Å². The van der Waals surface area contributed by atoms with Crippen LogP contribution in [0.15, 0.2) is 82.0 Å². The first-order valence-electron chi connectivity index (χ1n) is 18.3. The van der Waals surface area contributed by atoms with Gasteiger partial charge in [-0.25, -0.2) is 0 Å². The lowest BCUT2D eigenvalue weighted by atomic mass is 10.1. The van der Waals surface area contributed by atoms with Crippen molar-refractivity contribution < 1.29 is 13.8 Å². The minimum Gasteiger partial charge on any atom is -0.380 e. The summed E-state index contributed by atoms with van der Waals surface area (Å²) in [5, 5.41) is 8.31. The summed E-state index contributed by atoms with van der Waals surface area (Å²) >= 11 is 0. The molecule has 2 fully saturated rings. The van der Waals surface area contributed by atoms with E-state index < -0.39 is 0 Å². The number of hydrogen-bond acceptors (Lipinski definition) is 9. The van der Waals surface area contributed by atoms with Crippen molar-refractivity contribution in [3.05, 3.63) is 95.7 Å². The average Bonchev–Trinajstić information content (AvgIpc) is 3.84. The van der Waals surface area contributed by atoms with Gasteiger partial charge in [0, 0.05) is 95.4 Å². The molecule has 0 spiro atoms. The first kappa shape index (κ1) is 34.2. The van der Waals surface area contributed by atoms with Crippen LogP contribution in [0.5, 0.6) is 0 Å². The van der Waals surface area contributed by atoms with E-state index in [0.717, 1.165) is 108 Å². The summed E-state index contributed by atoms with van der Waals surface area (Å²) in [7, 11) is 0. The second-order valence-corrected chi connectivity index (χ2v) is 13.3. The number of hydrogen-bond donors (Lipinski definition) is 0. The van der Waals surface area contributed by atoms with Crippen LogP contribution < -0.4 is 9.80 Å². The minimum atomic E-state index is 0.770. The summed E-state index contributed by atoms with van der Waals surface area (Å²) in [5.41, 5.74) is 6.12. The standard InChI is InChI=1S/C39H54N6O3/c1(2-7-20-42-21-25-44(26-22-42)37-11-5-3-6-12-37)4-9-36-33-39(48-41-36)18-15-34-13-16-38(17-14-34)45-27-23-43(24-28-45)29-32-46-30-8-10-35-19-31-47-40-35/h3,5-6,11-14,16-17,19,31,33H,1-2,4,7-10,15,18,20-30,32H2. The molecule has 4 heterocycles. The predicted octanol–water partition coefficient (Wildman–Crippen LogP) is 6.14. The molecule has 258 valence electrons. The highest BCUT2D eigenvalue weighted by Gasteiger charge is 2.18. The maximum atomic E-state index is 5.85. The molecule has 0 saturated carbocycles. The van der Waals surface area contributed by atoms with Crippen molar-refractivity contribution in [3.8, 4) is 0 Å². The second kappa shape index (κ2) is 18.8. The Kier molecular flexibility index (Phi) is 13.4. The van der Waals surface area contributed by atoms with Crippen molar-refractivity contribution in [2.75, 3.05) is 88.5 Å². The molecule has 6 rings (SSSR count). The summed E-state index contributed by atoms with van der Waals surface area (Å²) in [5.74, 6) is 0.999. The molecule has 2 aromatic carbocycles. The van der Waals surface area contributed by atoms with Gasteiger partial charge in [-0.3, -0.25) is 9.80 Å². The Morgan fingerprint density at radius 3 is 1.98 bits per heavy atom. The molecule has 48 heavy (non-hydrogen) atoms. The molecule has 0 unspecified atom stereocenters. The van der Waals surface area contributed by atoms with Gasteiger partial charge in [0.2, 0.25) is 0 Å². The number of piperazine rings is 2. The molecule has 0 amide bonds. The lowest BCUT2D eigenvalue weighted by Gasteiger charge is -2.36. The molecule has 2 aliphatic heterocycles. The predicted molar refractivity (Wildman–Crippen MR) is 192 cm³/mol. The lowest BCUT2D eigenvalue weighted by molar-refractivity contribution is 0.0997. The molecule has 2 aliphatic rings. The van der Waals surface area contributed by atoms with Gasteiger partial charge in [-0.2, -0.15) is 0 Å². The van der Waals surface area contributed by atoms with Crippen LogP contribution in [-0.2, 0) is 30.4 Å². The summed E-state index contributed by atoms with van der Waals surface area (Å²) in [6, 6.07) is 24.0. The monoisotopic (exact) mass is 654 g/mol. The molecule has 0 bridgehead atoms. The molecule has 2 aromatic heterocycles. The van der Waals surface area contributed by atoms with Crippen LogP contribution in [0.2, 0.25) is 0 Å². The average molecular weight is 655 g/mol. The summed E-state index contributed by atoms with van der Waals surface area (Å²) < 4.78 is 16.4. The van der Waals surface area contributed by atoms with Gasteiger partial charge in [-0.15, -0.1) is 0 Å². The topological polar surface area (TPSA) is 74.2 Å². The summed E-state index contributed by atoms with van der Waals surface area (Å²) in [6.07, 6.45) is 11.4. The van der Waals surface area contributed by atoms with E-state index in [9.17, 15) is 0 Å². The van der Waals surface area contributed by atoms with Gasteiger partial charge in [0.15, 0.2) is 0 Å². The van der Waals surface area contributed by atoms with E-state index in [0.29, 0.717) is 0 Å². The summed E-state index contributed by atoms with van der Waals surface area (Å²) in [4.78, 5) is 10.1. The van der Waals surface area contributed by atoms with E-state index in [4.69, 9.17) is 13.8 Å². The number of aryl methyl sites for hydroxylation is 4. The summed E-state index contributed by atoms with van der Waals surface area (Å²) in [6.45, 7) is 12.6. The van der Waals surface area contributed by atoms with Crippen molar-refractivity contribution >= 4 is 11.4 Å². The van der Waals surface area contributed by atoms with Crippen LogP contribution in [-0.4, -0.2) is 98.8 Å². The highest BCUT2D eigenvalue weighted by atomic mass is 16.5. The number of rotatable bonds is 19. The minimum absolute atomic E-state index is 0.770. The van der Waals surface area contributed by atoms with Crippen LogP contribution in [0.3, 0.4) is 0 Å². The third kappa shape index (κ3) is 10.9. The Morgan fingerprint density at radius 1 is 0.562 bits per heavy atom. The molecular formula is C39H54N6O3. The van der Waals surface area contributed by atoms with Crippen LogP contribution in [0.1, 0.15) is 54.8 Å². The Bertz CT molecular complexity index is 1410. The van der Waals surface area contributed by atoms with E-state index >= 15 is 0 Å². The lowest BCUT2D eigenvalue weighted by Crippen LogP contribution is -2.47. The number of para-hydroxylation sites is 1. The first-order valence-corrected chi connectivity index (χ1v) is 18.3. The zero-order valence-corrected chi connectivity index (χ0v) is 28.7. The van der Waals surface area contributed by atoms with Crippen molar-refractivity contribution in [1.29, 1.82) is 0 Å². The Labute approximate surface area is 286 Å². The van der Waals surface area contributed by atoms with E-state index in [1.807, 2.05) is 6.07 Å². The van der Waals surface area contributed by atoms with Gasteiger partial charge in [0.25, 0.3) is 0 Å². The van der Waals surface area contributed by atoms with E-state index in [2.05, 4.69) is 90.6 Å². The number of aromatic nitrogens is 2.